The molecule has 0 aliphatic heterocycles. The number of rotatable bonds is 6. The second-order valence-corrected chi connectivity index (χ2v) is 4.79. The summed E-state index contributed by atoms with van der Waals surface area (Å²) in [6.07, 6.45) is 4.81. The van der Waals surface area contributed by atoms with Crippen molar-refractivity contribution in [3.05, 3.63) is 29.3 Å². The van der Waals surface area contributed by atoms with Crippen molar-refractivity contribution in [1.29, 1.82) is 0 Å². The van der Waals surface area contributed by atoms with Crippen molar-refractivity contribution in [2.24, 2.45) is 0 Å². The van der Waals surface area contributed by atoms with Gasteiger partial charge in [0, 0.05) is 18.7 Å². The SMILES string of the molecule is COc1cc(C=C(C)CNC2CC2)cc(OC)c1. The van der Waals surface area contributed by atoms with Gasteiger partial charge < -0.3 is 14.8 Å². The van der Waals surface area contributed by atoms with E-state index in [0.29, 0.717) is 0 Å². The Morgan fingerprint density at radius 2 is 1.83 bits per heavy atom. The minimum atomic E-state index is 0.744. The van der Waals surface area contributed by atoms with E-state index >= 15 is 0 Å². The maximum absolute atomic E-state index is 5.26. The highest BCUT2D eigenvalue weighted by molar-refractivity contribution is 5.57. The van der Waals surface area contributed by atoms with Gasteiger partial charge in [0.15, 0.2) is 0 Å². The Kier molecular flexibility index (Phi) is 4.26. The standard InChI is InChI=1S/C15H21NO2/c1-11(10-16-13-4-5-13)6-12-7-14(17-2)9-15(8-12)18-3/h6-9,13,16H,4-5,10H2,1-3H3. The van der Waals surface area contributed by atoms with E-state index in [9.17, 15) is 0 Å². The van der Waals surface area contributed by atoms with E-state index in [2.05, 4.69) is 18.3 Å². The van der Waals surface area contributed by atoms with Gasteiger partial charge in [-0.3, -0.25) is 0 Å². The number of benzene rings is 1. The molecule has 0 amide bonds. The molecule has 3 nitrogen and oxygen atoms in total. The van der Waals surface area contributed by atoms with Gasteiger partial charge in [-0.05, 0) is 37.5 Å². The van der Waals surface area contributed by atoms with E-state index in [1.165, 1.54) is 18.4 Å². The number of nitrogens with one attached hydrogen (secondary N) is 1. The molecule has 0 heterocycles. The summed E-state index contributed by atoms with van der Waals surface area (Å²) in [7, 11) is 3.34. The smallest absolute Gasteiger partial charge is 0.123 e. The van der Waals surface area contributed by atoms with Crippen molar-refractivity contribution in [3.63, 3.8) is 0 Å². The molecule has 0 atom stereocenters. The molecule has 1 aromatic rings. The molecule has 0 aromatic heterocycles. The zero-order valence-corrected chi connectivity index (χ0v) is 11.3. The fraction of sp³-hybridized carbons (Fsp3) is 0.467. The summed E-state index contributed by atoms with van der Waals surface area (Å²) in [5, 5.41) is 3.50. The zero-order valence-electron chi connectivity index (χ0n) is 11.3. The van der Waals surface area contributed by atoms with Crippen molar-refractivity contribution in [1.82, 2.24) is 5.32 Å². The average molecular weight is 247 g/mol. The normalized spacial score (nSPS) is 15.6. The molecule has 1 aromatic carbocycles. The molecule has 0 bridgehead atoms. The first-order valence-electron chi connectivity index (χ1n) is 6.35. The molecule has 1 aliphatic rings. The lowest BCUT2D eigenvalue weighted by molar-refractivity contribution is 0.394. The monoisotopic (exact) mass is 247 g/mol. The molecule has 1 saturated carbocycles. The van der Waals surface area contributed by atoms with Gasteiger partial charge in [0.25, 0.3) is 0 Å². The number of ether oxygens (including phenoxy) is 2. The van der Waals surface area contributed by atoms with Crippen LogP contribution in [0.2, 0.25) is 0 Å². The summed E-state index contributed by atoms with van der Waals surface area (Å²) < 4.78 is 10.5. The van der Waals surface area contributed by atoms with Gasteiger partial charge in [-0.15, -0.1) is 0 Å². The molecular formula is C15H21NO2. The van der Waals surface area contributed by atoms with Gasteiger partial charge in [0.2, 0.25) is 0 Å². The predicted octanol–water partition coefficient (Wildman–Crippen LogP) is 2.86. The van der Waals surface area contributed by atoms with Crippen LogP contribution < -0.4 is 14.8 Å². The van der Waals surface area contributed by atoms with Gasteiger partial charge in [-0.25, -0.2) is 0 Å². The highest BCUT2D eigenvalue weighted by Crippen LogP contribution is 2.24. The van der Waals surface area contributed by atoms with Crippen LogP contribution in [0.25, 0.3) is 6.08 Å². The lowest BCUT2D eigenvalue weighted by atomic mass is 10.1. The second kappa shape index (κ2) is 5.91. The molecule has 1 N–H and O–H groups in total. The Morgan fingerprint density at radius 3 is 2.33 bits per heavy atom. The molecule has 0 radical (unpaired) electrons. The van der Waals surface area contributed by atoms with Crippen LogP contribution in [0.4, 0.5) is 0 Å². The minimum absolute atomic E-state index is 0.744. The summed E-state index contributed by atoms with van der Waals surface area (Å²) in [4.78, 5) is 0. The summed E-state index contributed by atoms with van der Waals surface area (Å²) in [6.45, 7) is 3.09. The van der Waals surface area contributed by atoms with Crippen LogP contribution in [0.3, 0.4) is 0 Å². The van der Waals surface area contributed by atoms with Crippen molar-refractivity contribution >= 4 is 6.08 Å². The van der Waals surface area contributed by atoms with Gasteiger partial charge in [-0.2, -0.15) is 0 Å². The zero-order chi connectivity index (χ0) is 13.0. The van der Waals surface area contributed by atoms with Crippen LogP contribution >= 0.6 is 0 Å². The Labute approximate surface area is 109 Å². The summed E-state index contributed by atoms with van der Waals surface area (Å²) in [6, 6.07) is 6.66. The van der Waals surface area contributed by atoms with E-state index in [0.717, 1.165) is 29.6 Å². The van der Waals surface area contributed by atoms with Crippen molar-refractivity contribution in [3.8, 4) is 11.5 Å². The van der Waals surface area contributed by atoms with E-state index < -0.39 is 0 Å². The number of hydrogen-bond acceptors (Lipinski definition) is 3. The average Bonchev–Trinajstić information content (AvgIpc) is 3.19. The van der Waals surface area contributed by atoms with Crippen LogP contribution in [0.5, 0.6) is 11.5 Å². The minimum Gasteiger partial charge on any atom is -0.497 e. The topological polar surface area (TPSA) is 30.5 Å². The van der Waals surface area contributed by atoms with Gasteiger partial charge in [0.05, 0.1) is 14.2 Å². The largest absolute Gasteiger partial charge is 0.497 e. The molecule has 0 unspecified atom stereocenters. The number of methoxy groups -OCH3 is 2. The van der Waals surface area contributed by atoms with E-state index in [1.807, 2.05) is 18.2 Å². The van der Waals surface area contributed by atoms with Crippen molar-refractivity contribution in [2.45, 2.75) is 25.8 Å². The Balaban J connectivity index is 2.07. The van der Waals surface area contributed by atoms with Crippen molar-refractivity contribution < 1.29 is 9.47 Å². The summed E-state index contributed by atoms with van der Waals surface area (Å²) in [5.74, 6) is 1.65. The van der Waals surface area contributed by atoms with Crippen LogP contribution in [0.15, 0.2) is 23.8 Å². The first kappa shape index (κ1) is 13.0. The molecule has 0 spiro atoms. The first-order valence-corrected chi connectivity index (χ1v) is 6.35. The van der Waals surface area contributed by atoms with Crippen LogP contribution in [-0.2, 0) is 0 Å². The molecule has 3 heteroatoms. The molecule has 18 heavy (non-hydrogen) atoms. The van der Waals surface area contributed by atoms with Crippen LogP contribution in [0, 0.1) is 0 Å². The third-order valence-corrected chi connectivity index (χ3v) is 3.03. The summed E-state index contributed by atoms with van der Waals surface area (Å²) in [5.41, 5.74) is 2.43. The highest BCUT2D eigenvalue weighted by atomic mass is 16.5. The second-order valence-electron chi connectivity index (χ2n) is 4.79. The molecule has 98 valence electrons. The first-order chi connectivity index (χ1) is 8.71. The fourth-order valence-electron chi connectivity index (χ4n) is 1.84. The third kappa shape index (κ3) is 3.77. The molecule has 1 aliphatic carbocycles. The van der Waals surface area contributed by atoms with Crippen LogP contribution in [-0.4, -0.2) is 26.8 Å². The third-order valence-electron chi connectivity index (χ3n) is 3.03. The predicted molar refractivity (Wildman–Crippen MR) is 74.2 cm³/mol. The molecular weight excluding hydrogens is 226 g/mol. The maximum atomic E-state index is 5.26. The van der Waals surface area contributed by atoms with E-state index in [1.54, 1.807) is 14.2 Å². The lowest BCUT2D eigenvalue weighted by Gasteiger charge is -2.07. The molecule has 1 fully saturated rings. The van der Waals surface area contributed by atoms with Gasteiger partial charge >= 0.3 is 0 Å². The maximum Gasteiger partial charge on any atom is 0.123 e. The quantitative estimate of drug-likeness (QED) is 0.838. The lowest BCUT2D eigenvalue weighted by Crippen LogP contribution is -2.18. The van der Waals surface area contributed by atoms with Gasteiger partial charge in [-0.1, -0.05) is 11.6 Å². The Morgan fingerprint density at radius 1 is 1.22 bits per heavy atom. The highest BCUT2D eigenvalue weighted by Gasteiger charge is 2.19. The molecule has 0 saturated heterocycles. The van der Waals surface area contributed by atoms with Crippen molar-refractivity contribution in [2.75, 3.05) is 20.8 Å². The number of hydrogen-bond donors (Lipinski definition) is 1. The van der Waals surface area contributed by atoms with Gasteiger partial charge in [0.1, 0.15) is 11.5 Å². The van der Waals surface area contributed by atoms with Crippen LogP contribution in [0.1, 0.15) is 25.3 Å². The fourth-order valence-corrected chi connectivity index (χ4v) is 1.84. The Hall–Kier alpha value is -1.48. The van der Waals surface area contributed by atoms with E-state index in [-0.39, 0.29) is 0 Å². The molecule has 2 rings (SSSR count). The van der Waals surface area contributed by atoms with E-state index in [4.69, 9.17) is 9.47 Å². The Bertz CT molecular complexity index is 414. The summed E-state index contributed by atoms with van der Waals surface area (Å²) >= 11 is 0.